The van der Waals surface area contributed by atoms with Crippen molar-refractivity contribution in [3.8, 4) is 17.2 Å². The van der Waals surface area contributed by atoms with E-state index in [-0.39, 0.29) is 12.3 Å². The van der Waals surface area contributed by atoms with E-state index in [2.05, 4.69) is 15.8 Å². The minimum atomic E-state index is -0.540. The molecule has 0 bridgehead atoms. The first-order valence-electron chi connectivity index (χ1n) is 12.0. The fraction of sp³-hybridized carbons (Fsp3) is 0.214. The Morgan fingerprint density at radius 1 is 0.921 bits per heavy atom. The van der Waals surface area contributed by atoms with Crippen LogP contribution in [0, 0.1) is 0 Å². The third-order valence-corrected chi connectivity index (χ3v) is 5.17. The number of carbonyl (C=O) groups is 3. The van der Waals surface area contributed by atoms with Gasteiger partial charge in [-0.2, -0.15) is 5.10 Å². The van der Waals surface area contributed by atoms with E-state index in [9.17, 15) is 14.4 Å². The molecule has 3 rings (SSSR count). The van der Waals surface area contributed by atoms with Crippen LogP contribution in [0.4, 0.5) is 0 Å². The van der Waals surface area contributed by atoms with Crippen LogP contribution in [-0.2, 0) is 4.79 Å². The molecule has 10 heteroatoms. The van der Waals surface area contributed by atoms with Crippen molar-refractivity contribution < 1.29 is 28.6 Å². The van der Waals surface area contributed by atoms with E-state index in [0.717, 1.165) is 6.42 Å². The van der Waals surface area contributed by atoms with Crippen LogP contribution >= 0.6 is 11.6 Å². The zero-order valence-corrected chi connectivity index (χ0v) is 21.8. The summed E-state index contributed by atoms with van der Waals surface area (Å²) in [7, 11) is 0. The maximum Gasteiger partial charge on any atom is 0.343 e. The number of nitrogens with one attached hydrogen (secondary N) is 2. The monoisotopic (exact) mass is 537 g/mol. The van der Waals surface area contributed by atoms with Gasteiger partial charge in [-0.1, -0.05) is 24.6 Å². The second-order valence-corrected chi connectivity index (χ2v) is 8.32. The van der Waals surface area contributed by atoms with Gasteiger partial charge in [0.25, 0.3) is 11.8 Å². The number of hydrogen-bond acceptors (Lipinski definition) is 7. The molecule has 3 aromatic carbocycles. The molecule has 0 aliphatic carbocycles. The van der Waals surface area contributed by atoms with Crippen LogP contribution in [0.3, 0.4) is 0 Å². The number of carbonyl (C=O) groups excluding carboxylic acids is 3. The molecule has 2 N–H and O–H groups in total. The Kier molecular flexibility index (Phi) is 10.7. The van der Waals surface area contributed by atoms with Crippen LogP contribution < -0.4 is 25.0 Å². The highest BCUT2D eigenvalue weighted by atomic mass is 35.5. The van der Waals surface area contributed by atoms with Gasteiger partial charge in [-0.3, -0.25) is 9.59 Å². The standard InChI is InChI=1S/C28H28ClN3O6/c1-3-14-37-23-11-9-20(10-12-23)28(35)38-24-13-8-19(15-25(24)36-4-2)17-31-32-26(33)18-30-27(34)21-6-5-7-22(29)16-21/h5-13,15-17H,3-4,14,18H2,1-2H3,(H,30,34)(H,32,33)/b31-17+. The first-order chi connectivity index (χ1) is 18.4. The normalized spacial score (nSPS) is 10.6. The lowest BCUT2D eigenvalue weighted by Crippen LogP contribution is -2.34. The van der Waals surface area contributed by atoms with Crippen LogP contribution in [-0.4, -0.2) is 43.8 Å². The predicted octanol–water partition coefficient (Wildman–Crippen LogP) is 4.63. The summed E-state index contributed by atoms with van der Waals surface area (Å²) in [5, 5.41) is 6.82. The van der Waals surface area contributed by atoms with Crippen LogP contribution in [0.15, 0.2) is 71.8 Å². The molecule has 9 nitrogen and oxygen atoms in total. The van der Waals surface area contributed by atoms with Crippen molar-refractivity contribution in [2.75, 3.05) is 19.8 Å². The first kappa shape index (κ1) is 28.2. The largest absolute Gasteiger partial charge is 0.494 e. The molecular weight excluding hydrogens is 510 g/mol. The summed E-state index contributed by atoms with van der Waals surface area (Å²) >= 11 is 5.87. The number of nitrogens with zero attached hydrogens (tertiary/aromatic N) is 1. The molecule has 0 saturated heterocycles. The number of amides is 2. The van der Waals surface area contributed by atoms with Gasteiger partial charge in [0.05, 0.1) is 31.5 Å². The molecule has 0 radical (unpaired) electrons. The Bertz CT molecular complexity index is 1290. The molecule has 0 aromatic heterocycles. The van der Waals surface area contributed by atoms with Crippen molar-refractivity contribution in [1.82, 2.24) is 10.7 Å². The molecule has 198 valence electrons. The van der Waals surface area contributed by atoms with E-state index in [1.54, 1.807) is 67.6 Å². The lowest BCUT2D eigenvalue weighted by atomic mass is 10.2. The number of rotatable bonds is 12. The topological polar surface area (TPSA) is 115 Å². The van der Waals surface area contributed by atoms with E-state index in [1.165, 1.54) is 12.3 Å². The van der Waals surface area contributed by atoms with E-state index < -0.39 is 17.8 Å². The summed E-state index contributed by atoms with van der Waals surface area (Å²) in [6, 6.07) is 17.9. The fourth-order valence-corrected chi connectivity index (χ4v) is 3.32. The van der Waals surface area contributed by atoms with Crippen LogP contribution in [0.1, 0.15) is 46.5 Å². The van der Waals surface area contributed by atoms with Gasteiger partial charge in [0, 0.05) is 10.6 Å². The number of hydrazone groups is 1. The smallest absolute Gasteiger partial charge is 0.343 e. The average molecular weight is 538 g/mol. The molecule has 38 heavy (non-hydrogen) atoms. The number of hydrogen-bond donors (Lipinski definition) is 2. The third kappa shape index (κ3) is 8.63. The van der Waals surface area contributed by atoms with E-state index >= 15 is 0 Å². The Morgan fingerprint density at radius 2 is 1.71 bits per heavy atom. The Morgan fingerprint density at radius 3 is 2.42 bits per heavy atom. The molecule has 0 unspecified atom stereocenters. The number of halogens is 1. The average Bonchev–Trinajstić information content (AvgIpc) is 2.92. The molecule has 0 aliphatic rings. The van der Waals surface area contributed by atoms with Gasteiger partial charge in [0.15, 0.2) is 11.5 Å². The second kappa shape index (κ2) is 14.4. The Labute approximate surface area is 225 Å². The van der Waals surface area contributed by atoms with Crippen molar-refractivity contribution >= 4 is 35.6 Å². The molecule has 0 atom stereocenters. The fourth-order valence-electron chi connectivity index (χ4n) is 3.13. The van der Waals surface area contributed by atoms with E-state index in [1.807, 2.05) is 6.92 Å². The second-order valence-electron chi connectivity index (χ2n) is 7.89. The number of esters is 1. The van der Waals surface area contributed by atoms with Crippen LogP contribution in [0.25, 0.3) is 0 Å². The van der Waals surface area contributed by atoms with Gasteiger partial charge < -0.3 is 19.5 Å². The molecule has 0 saturated carbocycles. The highest BCUT2D eigenvalue weighted by molar-refractivity contribution is 6.31. The van der Waals surface area contributed by atoms with E-state index in [4.69, 9.17) is 25.8 Å². The summed E-state index contributed by atoms with van der Waals surface area (Å²) < 4.78 is 16.7. The minimum Gasteiger partial charge on any atom is -0.494 e. The molecule has 0 spiro atoms. The van der Waals surface area contributed by atoms with Gasteiger partial charge in [-0.05, 0) is 79.6 Å². The summed E-state index contributed by atoms with van der Waals surface area (Å²) in [4.78, 5) is 36.8. The van der Waals surface area contributed by atoms with Gasteiger partial charge in [-0.25, -0.2) is 10.2 Å². The first-order valence-corrected chi connectivity index (χ1v) is 12.3. The lowest BCUT2D eigenvalue weighted by molar-refractivity contribution is -0.120. The zero-order valence-electron chi connectivity index (χ0n) is 21.0. The summed E-state index contributed by atoms with van der Waals surface area (Å²) in [5.74, 6) is -0.225. The van der Waals surface area contributed by atoms with Crippen LogP contribution in [0.2, 0.25) is 5.02 Å². The molecule has 2 amide bonds. The molecule has 0 fully saturated rings. The molecule has 0 heterocycles. The van der Waals surface area contributed by atoms with Gasteiger partial charge in [0.1, 0.15) is 5.75 Å². The summed E-state index contributed by atoms with van der Waals surface area (Å²) in [6.45, 7) is 4.49. The number of benzene rings is 3. The van der Waals surface area contributed by atoms with Crippen molar-refractivity contribution in [2.45, 2.75) is 20.3 Å². The third-order valence-electron chi connectivity index (χ3n) is 4.93. The SMILES string of the molecule is CCCOc1ccc(C(=O)Oc2ccc(/C=N/NC(=O)CNC(=O)c3cccc(Cl)c3)cc2OCC)cc1. The van der Waals surface area contributed by atoms with E-state index in [0.29, 0.717) is 46.4 Å². The maximum atomic E-state index is 12.6. The highest BCUT2D eigenvalue weighted by Gasteiger charge is 2.14. The Hall–Kier alpha value is -4.37. The molecular formula is C28H28ClN3O6. The quantitative estimate of drug-likeness (QED) is 0.151. The maximum absolute atomic E-state index is 12.6. The van der Waals surface area contributed by atoms with Crippen molar-refractivity contribution in [3.05, 3.63) is 88.4 Å². The van der Waals surface area contributed by atoms with Gasteiger partial charge >= 0.3 is 5.97 Å². The van der Waals surface area contributed by atoms with Crippen molar-refractivity contribution in [1.29, 1.82) is 0 Å². The molecule has 0 aliphatic heterocycles. The summed E-state index contributed by atoms with van der Waals surface area (Å²) in [5.41, 5.74) is 3.64. The Balaban J connectivity index is 1.56. The van der Waals surface area contributed by atoms with Crippen molar-refractivity contribution in [2.24, 2.45) is 5.10 Å². The predicted molar refractivity (Wildman–Crippen MR) is 144 cm³/mol. The highest BCUT2D eigenvalue weighted by Crippen LogP contribution is 2.29. The lowest BCUT2D eigenvalue weighted by Gasteiger charge is -2.12. The van der Waals surface area contributed by atoms with Crippen molar-refractivity contribution in [3.63, 3.8) is 0 Å². The number of ether oxygens (including phenoxy) is 3. The van der Waals surface area contributed by atoms with Crippen LogP contribution in [0.5, 0.6) is 17.2 Å². The minimum absolute atomic E-state index is 0.244. The van der Waals surface area contributed by atoms with Gasteiger partial charge in [0.2, 0.25) is 0 Å². The van der Waals surface area contributed by atoms with Gasteiger partial charge in [-0.15, -0.1) is 0 Å². The zero-order chi connectivity index (χ0) is 27.3. The summed E-state index contributed by atoms with van der Waals surface area (Å²) in [6.07, 6.45) is 2.29. The molecule has 3 aromatic rings.